The summed E-state index contributed by atoms with van der Waals surface area (Å²) >= 11 is 7.77. The van der Waals surface area contributed by atoms with Gasteiger partial charge in [-0.3, -0.25) is 4.79 Å². The number of nitrogens with one attached hydrogen (secondary N) is 1. The van der Waals surface area contributed by atoms with Gasteiger partial charge in [-0.05, 0) is 18.2 Å². The van der Waals surface area contributed by atoms with E-state index < -0.39 is 11.7 Å². The summed E-state index contributed by atoms with van der Waals surface area (Å²) in [6.07, 6.45) is 0.402. The van der Waals surface area contributed by atoms with Gasteiger partial charge in [0, 0.05) is 17.4 Å². The quantitative estimate of drug-likeness (QED) is 0.837. The highest BCUT2D eigenvalue weighted by molar-refractivity contribution is 9.10. The summed E-state index contributed by atoms with van der Waals surface area (Å²) in [5.74, 6) is -1.04. The first kappa shape index (κ1) is 13.1. The van der Waals surface area contributed by atoms with Crippen LogP contribution in [0.1, 0.15) is 16.8 Å². The van der Waals surface area contributed by atoms with Crippen molar-refractivity contribution >= 4 is 39.0 Å². The lowest BCUT2D eigenvalue weighted by atomic mass is 10.2. The van der Waals surface area contributed by atoms with Crippen molar-refractivity contribution in [3.8, 4) is 0 Å². The minimum absolute atomic E-state index is 0.00568. The summed E-state index contributed by atoms with van der Waals surface area (Å²) in [6, 6.07) is 4.25. The van der Waals surface area contributed by atoms with Crippen molar-refractivity contribution < 1.29 is 9.18 Å². The van der Waals surface area contributed by atoms with E-state index in [2.05, 4.69) is 33.5 Å². The van der Waals surface area contributed by atoms with Gasteiger partial charge >= 0.3 is 0 Å². The van der Waals surface area contributed by atoms with Crippen LogP contribution in [0.25, 0.3) is 0 Å². The van der Waals surface area contributed by atoms with Crippen molar-refractivity contribution in [1.82, 2.24) is 5.32 Å². The standard InChI is InChI=1S/C10H10BrFN2OS/c11-6-1-2-7(8(12)5-6)10(15)14-4-3-9(13)16/h1-2,5H,3-4H2,(H2,13,16)(H,14,15). The number of carbonyl (C=O) groups is 1. The van der Waals surface area contributed by atoms with Gasteiger partial charge in [-0.25, -0.2) is 4.39 Å². The van der Waals surface area contributed by atoms with E-state index in [1.807, 2.05) is 0 Å². The molecule has 0 aliphatic rings. The van der Waals surface area contributed by atoms with Crippen LogP contribution in [0.15, 0.2) is 22.7 Å². The SMILES string of the molecule is NC(=S)CCNC(=O)c1ccc(Br)cc1F. The first-order valence-electron chi connectivity index (χ1n) is 4.52. The van der Waals surface area contributed by atoms with Gasteiger partial charge in [0.05, 0.1) is 10.6 Å². The van der Waals surface area contributed by atoms with E-state index in [4.69, 9.17) is 5.73 Å². The molecule has 0 fully saturated rings. The Hall–Kier alpha value is -1.01. The van der Waals surface area contributed by atoms with Crippen LogP contribution in [0.5, 0.6) is 0 Å². The first-order chi connectivity index (χ1) is 7.50. The Morgan fingerprint density at radius 2 is 2.25 bits per heavy atom. The molecule has 1 amide bonds. The smallest absolute Gasteiger partial charge is 0.254 e. The van der Waals surface area contributed by atoms with Gasteiger partial charge in [0.2, 0.25) is 0 Å². The average Bonchev–Trinajstić information content (AvgIpc) is 2.16. The van der Waals surface area contributed by atoms with Crippen LogP contribution in [0.3, 0.4) is 0 Å². The molecule has 0 radical (unpaired) electrons. The third kappa shape index (κ3) is 3.86. The van der Waals surface area contributed by atoms with Gasteiger partial charge < -0.3 is 11.1 Å². The number of carbonyl (C=O) groups excluding carboxylic acids is 1. The predicted molar refractivity (Wildman–Crippen MR) is 67.8 cm³/mol. The second-order valence-electron chi connectivity index (χ2n) is 3.10. The summed E-state index contributed by atoms with van der Waals surface area (Å²) in [7, 11) is 0. The number of rotatable bonds is 4. The zero-order chi connectivity index (χ0) is 12.1. The molecule has 0 heterocycles. The zero-order valence-electron chi connectivity index (χ0n) is 8.30. The summed E-state index contributed by atoms with van der Waals surface area (Å²) in [5.41, 5.74) is 5.27. The molecule has 0 saturated carbocycles. The van der Waals surface area contributed by atoms with Crippen molar-refractivity contribution in [2.24, 2.45) is 5.73 Å². The van der Waals surface area contributed by atoms with Crippen molar-refractivity contribution in [2.75, 3.05) is 6.54 Å². The molecule has 0 spiro atoms. The molecule has 0 unspecified atom stereocenters. The maximum Gasteiger partial charge on any atom is 0.254 e. The average molecular weight is 305 g/mol. The number of hydrogen-bond acceptors (Lipinski definition) is 2. The van der Waals surface area contributed by atoms with Gasteiger partial charge in [-0.1, -0.05) is 28.1 Å². The Bertz CT molecular complexity index is 425. The number of amides is 1. The molecule has 0 atom stereocenters. The molecular formula is C10H10BrFN2OS. The van der Waals surface area contributed by atoms with Crippen LogP contribution >= 0.6 is 28.1 Å². The van der Waals surface area contributed by atoms with Crippen LogP contribution in [-0.4, -0.2) is 17.4 Å². The molecule has 0 bridgehead atoms. The lowest BCUT2D eigenvalue weighted by molar-refractivity contribution is 0.0951. The van der Waals surface area contributed by atoms with Crippen molar-refractivity contribution in [3.63, 3.8) is 0 Å². The molecule has 1 aromatic rings. The fourth-order valence-corrected chi connectivity index (χ4v) is 1.50. The fraction of sp³-hybridized carbons (Fsp3) is 0.200. The Balaban J connectivity index is 2.63. The Kier molecular flexibility index (Phi) is 4.82. The first-order valence-corrected chi connectivity index (χ1v) is 5.72. The maximum atomic E-state index is 13.3. The Morgan fingerprint density at radius 1 is 1.56 bits per heavy atom. The molecule has 3 nitrogen and oxygen atoms in total. The Morgan fingerprint density at radius 3 is 2.81 bits per heavy atom. The van der Waals surface area contributed by atoms with E-state index in [1.54, 1.807) is 6.07 Å². The van der Waals surface area contributed by atoms with Gasteiger partial charge in [0.15, 0.2) is 0 Å². The highest BCUT2D eigenvalue weighted by Crippen LogP contribution is 2.14. The summed E-state index contributed by atoms with van der Waals surface area (Å²) in [6.45, 7) is 0.309. The molecule has 0 saturated heterocycles. The van der Waals surface area contributed by atoms with Crippen LogP contribution < -0.4 is 11.1 Å². The highest BCUT2D eigenvalue weighted by Gasteiger charge is 2.10. The number of halogens is 2. The molecule has 16 heavy (non-hydrogen) atoms. The van der Waals surface area contributed by atoms with Gasteiger partial charge in [0.1, 0.15) is 5.82 Å². The summed E-state index contributed by atoms with van der Waals surface area (Å²) in [4.78, 5) is 11.8. The number of thiocarbonyl (C=S) groups is 1. The minimum atomic E-state index is -0.567. The number of benzene rings is 1. The summed E-state index contributed by atoms with van der Waals surface area (Å²) < 4.78 is 13.9. The van der Waals surface area contributed by atoms with Crippen molar-refractivity contribution in [2.45, 2.75) is 6.42 Å². The van der Waals surface area contributed by atoms with E-state index in [0.29, 0.717) is 22.4 Å². The third-order valence-electron chi connectivity index (χ3n) is 1.83. The number of hydrogen-bond donors (Lipinski definition) is 2. The molecule has 1 aromatic carbocycles. The monoisotopic (exact) mass is 304 g/mol. The van der Waals surface area contributed by atoms with Crippen LogP contribution in [0.2, 0.25) is 0 Å². The molecule has 3 N–H and O–H groups in total. The largest absolute Gasteiger partial charge is 0.393 e. The molecule has 86 valence electrons. The minimum Gasteiger partial charge on any atom is -0.393 e. The maximum absolute atomic E-state index is 13.3. The van der Waals surface area contributed by atoms with Crippen molar-refractivity contribution in [1.29, 1.82) is 0 Å². The van der Waals surface area contributed by atoms with Gasteiger partial charge in [-0.15, -0.1) is 0 Å². The second-order valence-corrected chi connectivity index (χ2v) is 4.54. The predicted octanol–water partition coefficient (Wildman–Crippen LogP) is 1.99. The zero-order valence-corrected chi connectivity index (χ0v) is 10.7. The topological polar surface area (TPSA) is 55.1 Å². The normalized spacial score (nSPS) is 9.88. The van der Waals surface area contributed by atoms with E-state index in [1.165, 1.54) is 12.1 Å². The third-order valence-corrected chi connectivity index (χ3v) is 2.53. The van der Waals surface area contributed by atoms with E-state index in [9.17, 15) is 9.18 Å². The molecule has 1 rings (SSSR count). The molecule has 0 aromatic heterocycles. The van der Waals surface area contributed by atoms with E-state index >= 15 is 0 Å². The van der Waals surface area contributed by atoms with E-state index in [0.717, 1.165) is 0 Å². The number of nitrogens with two attached hydrogens (primary N) is 1. The van der Waals surface area contributed by atoms with Gasteiger partial charge in [0.25, 0.3) is 5.91 Å². The van der Waals surface area contributed by atoms with Crippen LogP contribution in [0.4, 0.5) is 4.39 Å². The van der Waals surface area contributed by atoms with Crippen molar-refractivity contribution in [3.05, 3.63) is 34.1 Å². The highest BCUT2D eigenvalue weighted by atomic mass is 79.9. The second kappa shape index (κ2) is 5.91. The lowest BCUT2D eigenvalue weighted by Gasteiger charge is -2.05. The Labute approximate surface area is 106 Å². The van der Waals surface area contributed by atoms with Gasteiger partial charge in [-0.2, -0.15) is 0 Å². The van der Waals surface area contributed by atoms with Crippen LogP contribution in [-0.2, 0) is 0 Å². The molecule has 0 aliphatic carbocycles. The fourth-order valence-electron chi connectivity index (χ4n) is 1.07. The van der Waals surface area contributed by atoms with Crippen LogP contribution in [0, 0.1) is 5.82 Å². The lowest BCUT2D eigenvalue weighted by Crippen LogP contribution is -2.28. The summed E-state index contributed by atoms with van der Waals surface area (Å²) in [5, 5.41) is 2.53. The molecule has 6 heteroatoms. The molecular weight excluding hydrogens is 295 g/mol. The van der Waals surface area contributed by atoms with E-state index in [-0.39, 0.29) is 5.56 Å². The molecule has 0 aliphatic heterocycles.